The average Bonchev–Trinajstić information content (AvgIpc) is 3.07. The fourth-order valence-electron chi connectivity index (χ4n) is 3.11. The van der Waals surface area contributed by atoms with E-state index in [1.807, 2.05) is 30.3 Å². The van der Waals surface area contributed by atoms with Gasteiger partial charge >= 0.3 is 0 Å². The van der Waals surface area contributed by atoms with E-state index in [2.05, 4.69) is 5.16 Å². The van der Waals surface area contributed by atoms with E-state index in [4.69, 9.17) is 10.3 Å². The Labute approximate surface area is 145 Å². The smallest absolute Gasteiger partial charge is 0.259 e. The summed E-state index contributed by atoms with van der Waals surface area (Å²) in [6.45, 7) is 2.40. The predicted molar refractivity (Wildman–Crippen MR) is 90.4 cm³/mol. The Hall–Kier alpha value is -2.67. The number of hydrogen-bond donors (Lipinski definition) is 2. The lowest BCUT2D eigenvalue weighted by atomic mass is 9.95. The maximum Gasteiger partial charge on any atom is 0.259 e. The molecule has 1 aliphatic heterocycles. The first kappa shape index (κ1) is 17.2. The van der Waals surface area contributed by atoms with Crippen molar-refractivity contribution in [3.63, 3.8) is 0 Å². The number of primary amides is 1. The molecule has 3 rings (SSSR count). The highest BCUT2D eigenvalue weighted by Gasteiger charge is 2.32. The number of benzene rings is 1. The quantitative estimate of drug-likeness (QED) is 0.878. The molecule has 1 fully saturated rings. The monoisotopic (exact) mass is 343 g/mol. The number of likely N-dealkylation sites (tertiary alicyclic amines) is 1. The molecule has 7 heteroatoms. The second-order valence-electron chi connectivity index (χ2n) is 6.28. The zero-order valence-corrected chi connectivity index (χ0v) is 14.0. The van der Waals surface area contributed by atoms with Crippen molar-refractivity contribution in [1.29, 1.82) is 0 Å². The molecular weight excluding hydrogens is 322 g/mol. The summed E-state index contributed by atoms with van der Waals surface area (Å²) < 4.78 is 5.26. The minimum Gasteiger partial charge on any atom is -0.385 e. The largest absolute Gasteiger partial charge is 0.385 e. The van der Waals surface area contributed by atoms with Crippen LogP contribution in [0.5, 0.6) is 0 Å². The van der Waals surface area contributed by atoms with Crippen LogP contribution in [0.25, 0.3) is 11.3 Å². The highest BCUT2D eigenvalue weighted by atomic mass is 16.5. The van der Waals surface area contributed by atoms with Gasteiger partial charge in [-0.2, -0.15) is 0 Å². The van der Waals surface area contributed by atoms with Gasteiger partial charge in [-0.3, -0.25) is 9.59 Å². The molecule has 3 N–H and O–H groups in total. The molecule has 2 heterocycles. The van der Waals surface area contributed by atoms with E-state index in [0.717, 1.165) is 5.56 Å². The SMILES string of the molecule is CC(O)c1onc(-c2ccccc2)c1C(=O)N1CCC(C(N)=O)CC1. The third kappa shape index (κ3) is 3.41. The lowest BCUT2D eigenvalue weighted by molar-refractivity contribution is -0.123. The molecule has 0 saturated carbocycles. The van der Waals surface area contributed by atoms with Crippen LogP contribution in [0, 0.1) is 5.92 Å². The van der Waals surface area contributed by atoms with Crippen LogP contribution < -0.4 is 5.73 Å². The first-order chi connectivity index (χ1) is 12.0. The minimum atomic E-state index is -0.952. The van der Waals surface area contributed by atoms with Crippen molar-refractivity contribution in [2.45, 2.75) is 25.9 Å². The number of rotatable bonds is 4. The van der Waals surface area contributed by atoms with Crippen molar-refractivity contribution in [3.8, 4) is 11.3 Å². The van der Waals surface area contributed by atoms with Crippen LogP contribution in [0.4, 0.5) is 0 Å². The zero-order valence-electron chi connectivity index (χ0n) is 14.0. The maximum atomic E-state index is 13.1. The van der Waals surface area contributed by atoms with Crippen molar-refractivity contribution >= 4 is 11.8 Å². The molecule has 0 radical (unpaired) electrons. The first-order valence-corrected chi connectivity index (χ1v) is 8.30. The molecule has 2 amide bonds. The van der Waals surface area contributed by atoms with Crippen molar-refractivity contribution in [3.05, 3.63) is 41.7 Å². The molecule has 0 spiro atoms. The molecule has 0 aliphatic carbocycles. The zero-order chi connectivity index (χ0) is 18.0. The van der Waals surface area contributed by atoms with Gasteiger partial charge < -0.3 is 20.3 Å². The van der Waals surface area contributed by atoms with Crippen molar-refractivity contribution < 1.29 is 19.2 Å². The van der Waals surface area contributed by atoms with Crippen molar-refractivity contribution in [2.75, 3.05) is 13.1 Å². The summed E-state index contributed by atoms with van der Waals surface area (Å²) in [7, 11) is 0. The van der Waals surface area contributed by atoms with E-state index in [1.165, 1.54) is 6.92 Å². The number of hydrogen-bond acceptors (Lipinski definition) is 5. The number of aliphatic hydroxyl groups is 1. The van der Waals surface area contributed by atoms with Crippen LogP contribution >= 0.6 is 0 Å². The van der Waals surface area contributed by atoms with Gasteiger partial charge in [0.2, 0.25) is 5.91 Å². The summed E-state index contributed by atoms with van der Waals surface area (Å²) in [5, 5.41) is 14.0. The summed E-state index contributed by atoms with van der Waals surface area (Å²) in [6.07, 6.45) is 0.126. The number of aromatic nitrogens is 1. The van der Waals surface area contributed by atoms with E-state index in [1.54, 1.807) is 4.90 Å². The van der Waals surface area contributed by atoms with Gasteiger partial charge in [0.25, 0.3) is 5.91 Å². The number of carbonyl (C=O) groups is 2. The van der Waals surface area contributed by atoms with Crippen LogP contribution in [0.15, 0.2) is 34.9 Å². The van der Waals surface area contributed by atoms with Gasteiger partial charge in [-0.25, -0.2) is 0 Å². The minimum absolute atomic E-state index is 0.154. The summed E-state index contributed by atoms with van der Waals surface area (Å²) >= 11 is 0. The van der Waals surface area contributed by atoms with Gasteiger partial charge in [0.1, 0.15) is 17.4 Å². The molecule has 1 aliphatic rings. The summed E-state index contributed by atoms with van der Waals surface area (Å²) in [5.74, 6) is -0.622. The van der Waals surface area contributed by atoms with E-state index in [0.29, 0.717) is 31.6 Å². The number of piperidine rings is 1. The Morgan fingerprint density at radius 1 is 1.28 bits per heavy atom. The standard InChI is InChI=1S/C18H21N3O4/c1-11(22)16-14(15(20-25-16)12-5-3-2-4-6-12)18(24)21-9-7-13(8-10-21)17(19)23/h2-6,11,13,22H,7-10H2,1H3,(H2,19,23). The number of nitrogens with two attached hydrogens (primary N) is 1. The average molecular weight is 343 g/mol. The Bertz CT molecular complexity index is 762. The van der Waals surface area contributed by atoms with Crippen LogP contribution in [0.1, 0.15) is 42.0 Å². The fraction of sp³-hybridized carbons (Fsp3) is 0.389. The molecule has 0 bridgehead atoms. The van der Waals surface area contributed by atoms with Gasteiger partial charge in [-0.1, -0.05) is 35.5 Å². The predicted octanol–water partition coefficient (Wildman–Crippen LogP) is 1.73. The van der Waals surface area contributed by atoms with Crippen molar-refractivity contribution in [1.82, 2.24) is 10.1 Å². The maximum absolute atomic E-state index is 13.1. The van der Waals surface area contributed by atoms with Crippen LogP contribution in [0.2, 0.25) is 0 Å². The van der Waals surface area contributed by atoms with E-state index in [9.17, 15) is 14.7 Å². The fourth-order valence-corrected chi connectivity index (χ4v) is 3.11. The highest BCUT2D eigenvalue weighted by Crippen LogP contribution is 2.31. The number of carbonyl (C=O) groups excluding carboxylic acids is 2. The third-order valence-electron chi connectivity index (χ3n) is 4.54. The molecular formula is C18H21N3O4. The third-order valence-corrected chi connectivity index (χ3v) is 4.54. The number of nitrogens with zero attached hydrogens (tertiary/aromatic N) is 2. The highest BCUT2D eigenvalue weighted by molar-refractivity contribution is 6.01. The van der Waals surface area contributed by atoms with Gasteiger partial charge in [0.05, 0.1) is 0 Å². The Kier molecular flexibility index (Phi) is 4.85. The molecule has 25 heavy (non-hydrogen) atoms. The first-order valence-electron chi connectivity index (χ1n) is 8.30. The molecule has 132 valence electrons. The molecule has 1 atom stereocenters. The van der Waals surface area contributed by atoms with E-state index < -0.39 is 6.10 Å². The van der Waals surface area contributed by atoms with Crippen LogP contribution in [-0.4, -0.2) is 40.1 Å². The molecule has 1 aromatic carbocycles. The van der Waals surface area contributed by atoms with E-state index >= 15 is 0 Å². The Morgan fingerprint density at radius 2 is 1.92 bits per heavy atom. The van der Waals surface area contributed by atoms with Crippen LogP contribution in [-0.2, 0) is 4.79 Å². The molecule has 1 unspecified atom stereocenters. The Balaban J connectivity index is 1.92. The second kappa shape index (κ2) is 7.06. The van der Waals surface area contributed by atoms with E-state index in [-0.39, 0.29) is 29.1 Å². The van der Waals surface area contributed by atoms with Gasteiger partial charge in [-0.05, 0) is 19.8 Å². The number of amides is 2. The van der Waals surface area contributed by atoms with Gasteiger partial charge in [0, 0.05) is 24.6 Å². The van der Waals surface area contributed by atoms with Crippen LogP contribution in [0.3, 0.4) is 0 Å². The summed E-state index contributed by atoms with van der Waals surface area (Å²) in [6, 6.07) is 9.23. The molecule has 7 nitrogen and oxygen atoms in total. The lowest BCUT2D eigenvalue weighted by Gasteiger charge is -2.30. The molecule has 2 aromatic rings. The number of aliphatic hydroxyl groups excluding tert-OH is 1. The van der Waals surface area contributed by atoms with Gasteiger partial charge in [0.15, 0.2) is 5.76 Å². The molecule has 1 saturated heterocycles. The molecule has 1 aromatic heterocycles. The lowest BCUT2D eigenvalue weighted by Crippen LogP contribution is -2.42. The van der Waals surface area contributed by atoms with Crippen molar-refractivity contribution in [2.24, 2.45) is 11.7 Å². The van der Waals surface area contributed by atoms with Gasteiger partial charge in [-0.15, -0.1) is 0 Å². The summed E-state index contributed by atoms with van der Waals surface area (Å²) in [5.41, 5.74) is 6.78. The second-order valence-corrected chi connectivity index (χ2v) is 6.28. The summed E-state index contributed by atoms with van der Waals surface area (Å²) in [4.78, 5) is 26.0. The Morgan fingerprint density at radius 3 is 2.48 bits per heavy atom. The topological polar surface area (TPSA) is 110 Å². The normalized spacial score (nSPS) is 16.6.